The largest absolute Gasteiger partial charge is 0.439 e. The molecule has 9 heteroatoms. The molecule has 0 saturated carbocycles. The van der Waals surface area contributed by atoms with Crippen LogP contribution in [0.25, 0.3) is 0 Å². The van der Waals surface area contributed by atoms with Crippen LogP contribution < -0.4 is 5.32 Å². The van der Waals surface area contributed by atoms with Crippen LogP contribution in [0.2, 0.25) is 5.02 Å². The minimum absolute atomic E-state index is 0.00699. The van der Waals surface area contributed by atoms with Crippen molar-refractivity contribution < 1.29 is 17.6 Å². The average molecular weight is 552 g/mol. The molecule has 1 amide bonds. The smallest absolute Gasteiger partial charge is 0.287 e. The summed E-state index contributed by atoms with van der Waals surface area (Å²) in [5, 5.41) is 3.31. The van der Waals surface area contributed by atoms with Gasteiger partial charge in [0.25, 0.3) is 5.91 Å². The lowest BCUT2D eigenvalue weighted by Gasteiger charge is -2.35. The normalized spacial score (nSPS) is 15.8. The number of hydrogen-bond acceptors (Lipinski definition) is 5. The summed E-state index contributed by atoms with van der Waals surface area (Å²) in [6.07, 6.45) is 3.44. The van der Waals surface area contributed by atoms with Crippen molar-refractivity contribution in [2.75, 3.05) is 19.6 Å². The third-order valence-electron chi connectivity index (χ3n) is 5.74. The number of halogens is 2. The number of furan rings is 1. The van der Waals surface area contributed by atoms with Gasteiger partial charge in [0.1, 0.15) is 0 Å². The summed E-state index contributed by atoms with van der Waals surface area (Å²) >= 11 is 9.34. The number of hydrogen-bond donors (Lipinski definition) is 1. The number of carbonyl (C=O) groups excluding carboxylic acids is 1. The van der Waals surface area contributed by atoms with E-state index in [0.717, 1.165) is 36.0 Å². The van der Waals surface area contributed by atoms with Gasteiger partial charge in [-0.2, -0.15) is 0 Å². The standard InChI is InChI=1S/C24H24BrClN2O4S/c25-18-6-10-20(11-7-18)33(30,31)23-13-12-22(32-23)24(29)27-16-21(28-14-2-1-3-15-28)17-4-8-19(26)9-5-17/h4-13,21H,1-3,14-16H2,(H,27,29)/t21-/m0/s1. The molecule has 1 saturated heterocycles. The fourth-order valence-corrected chi connectivity index (χ4v) is 5.53. The lowest BCUT2D eigenvalue weighted by atomic mass is 10.0. The Morgan fingerprint density at radius 1 is 1.00 bits per heavy atom. The van der Waals surface area contributed by atoms with E-state index in [9.17, 15) is 13.2 Å². The number of likely N-dealkylation sites (tertiary alicyclic amines) is 1. The Kier molecular flexibility index (Phi) is 7.58. The van der Waals surface area contributed by atoms with E-state index in [1.54, 1.807) is 12.1 Å². The van der Waals surface area contributed by atoms with Crippen molar-refractivity contribution in [3.8, 4) is 0 Å². The maximum atomic E-state index is 12.8. The zero-order valence-corrected chi connectivity index (χ0v) is 21.0. The maximum Gasteiger partial charge on any atom is 0.287 e. The first-order chi connectivity index (χ1) is 15.8. The molecule has 0 unspecified atom stereocenters. The maximum absolute atomic E-state index is 12.8. The van der Waals surface area contributed by atoms with E-state index in [4.69, 9.17) is 16.0 Å². The zero-order chi connectivity index (χ0) is 23.4. The Balaban J connectivity index is 1.48. The van der Waals surface area contributed by atoms with E-state index in [2.05, 4.69) is 26.1 Å². The number of nitrogens with one attached hydrogen (secondary N) is 1. The highest BCUT2D eigenvalue weighted by molar-refractivity contribution is 9.10. The number of sulfone groups is 1. The number of benzene rings is 2. The molecule has 0 radical (unpaired) electrons. The molecule has 0 aliphatic carbocycles. The lowest BCUT2D eigenvalue weighted by molar-refractivity contribution is 0.0892. The molecule has 4 rings (SSSR count). The Morgan fingerprint density at radius 2 is 1.67 bits per heavy atom. The lowest BCUT2D eigenvalue weighted by Crippen LogP contribution is -2.40. The summed E-state index contributed by atoms with van der Waals surface area (Å²) < 4.78 is 31.8. The fourth-order valence-electron chi connectivity index (χ4n) is 3.97. The summed E-state index contributed by atoms with van der Waals surface area (Å²) in [5.74, 6) is -0.498. The van der Waals surface area contributed by atoms with Crippen molar-refractivity contribution in [1.82, 2.24) is 10.2 Å². The predicted octanol–water partition coefficient (Wildman–Crippen LogP) is 5.49. The molecule has 1 fully saturated rings. The zero-order valence-electron chi connectivity index (χ0n) is 17.8. The molecule has 1 atom stereocenters. The van der Waals surface area contributed by atoms with Gasteiger partial charge in [-0.3, -0.25) is 9.69 Å². The monoisotopic (exact) mass is 550 g/mol. The van der Waals surface area contributed by atoms with Gasteiger partial charge in [-0.15, -0.1) is 0 Å². The van der Waals surface area contributed by atoms with Crippen LogP contribution in [0, 0.1) is 0 Å². The number of nitrogens with zero attached hydrogens (tertiary/aromatic N) is 1. The van der Waals surface area contributed by atoms with E-state index in [-0.39, 0.29) is 21.8 Å². The number of amides is 1. The van der Waals surface area contributed by atoms with Crippen molar-refractivity contribution in [3.05, 3.63) is 81.5 Å². The molecule has 2 heterocycles. The molecule has 174 valence electrons. The second kappa shape index (κ2) is 10.4. The third kappa shape index (κ3) is 5.69. The second-order valence-electron chi connectivity index (χ2n) is 7.95. The van der Waals surface area contributed by atoms with Crippen LogP contribution in [-0.2, 0) is 9.84 Å². The van der Waals surface area contributed by atoms with Gasteiger partial charge >= 0.3 is 0 Å². The minimum Gasteiger partial charge on any atom is -0.439 e. The first kappa shape index (κ1) is 24.0. The number of rotatable bonds is 7. The number of piperidine rings is 1. The third-order valence-corrected chi connectivity index (χ3v) is 8.16. The topological polar surface area (TPSA) is 79.6 Å². The molecular formula is C24H24BrClN2O4S. The van der Waals surface area contributed by atoms with Gasteiger partial charge in [-0.25, -0.2) is 8.42 Å². The molecule has 3 aromatic rings. The fraction of sp³-hybridized carbons (Fsp3) is 0.292. The Hall–Kier alpha value is -2.13. The second-order valence-corrected chi connectivity index (χ2v) is 11.2. The molecule has 1 N–H and O–H groups in total. The quantitative estimate of drug-likeness (QED) is 0.420. The molecule has 2 aromatic carbocycles. The van der Waals surface area contributed by atoms with E-state index < -0.39 is 15.7 Å². The van der Waals surface area contributed by atoms with Gasteiger partial charge in [0.2, 0.25) is 14.9 Å². The molecule has 6 nitrogen and oxygen atoms in total. The van der Waals surface area contributed by atoms with Gasteiger partial charge in [0, 0.05) is 16.0 Å². The Bertz CT molecular complexity index is 1200. The molecule has 0 spiro atoms. The van der Waals surface area contributed by atoms with Crippen molar-refractivity contribution in [2.45, 2.75) is 35.3 Å². The molecule has 0 bridgehead atoms. The molecular weight excluding hydrogens is 528 g/mol. The highest BCUT2D eigenvalue weighted by atomic mass is 79.9. The van der Waals surface area contributed by atoms with Crippen molar-refractivity contribution in [1.29, 1.82) is 0 Å². The van der Waals surface area contributed by atoms with Gasteiger partial charge in [-0.05, 0) is 80.0 Å². The van der Waals surface area contributed by atoms with Crippen LogP contribution in [0.15, 0.2) is 79.5 Å². The van der Waals surface area contributed by atoms with Gasteiger partial charge < -0.3 is 9.73 Å². The molecule has 1 aromatic heterocycles. The van der Waals surface area contributed by atoms with Gasteiger partial charge in [0.05, 0.1) is 10.9 Å². The summed E-state index contributed by atoms with van der Waals surface area (Å²) in [6.45, 7) is 2.29. The highest BCUT2D eigenvalue weighted by Gasteiger charge is 2.26. The first-order valence-corrected chi connectivity index (χ1v) is 13.4. The van der Waals surface area contributed by atoms with E-state index in [1.165, 1.54) is 30.7 Å². The van der Waals surface area contributed by atoms with Crippen molar-refractivity contribution >= 4 is 43.3 Å². The van der Waals surface area contributed by atoms with Gasteiger partial charge in [0.15, 0.2) is 5.76 Å². The molecule has 1 aliphatic heterocycles. The summed E-state index contributed by atoms with van der Waals surface area (Å²) in [5.41, 5.74) is 1.07. The van der Waals surface area contributed by atoms with Crippen LogP contribution in [0.5, 0.6) is 0 Å². The van der Waals surface area contributed by atoms with Gasteiger partial charge in [-0.1, -0.05) is 46.1 Å². The van der Waals surface area contributed by atoms with Crippen LogP contribution in [0.1, 0.15) is 41.4 Å². The summed E-state index contributed by atoms with van der Waals surface area (Å²) in [4.78, 5) is 15.3. The van der Waals surface area contributed by atoms with Crippen LogP contribution in [0.3, 0.4) is 0 Å². The molecule has 1 aliphatic rings. The van der Waals surface area contributed by atoms with Crippen LogP contribution >= 0.6 is 27.5 Å². The van der Waals surface area contributed by atoms with E-state index in [1.807, 2.05) is 24.3 Å². The van der Waals surface area contributed by atoms with Crippen LogP contribution in [-0.4, -0.2) is 38.9 Å². The SMILES string of the molecule is O=C(NC[C@@H](c1ccc(Cl)cc1)N1CCCCC1)c1ccc(S(=O)(=O)c2ccc(Br)cc2)o1. The van der Waals surface area contributed by atoms with Crippen molar-refractivity contribution in [3.63, 3.8) is 0 Å². The minimum atomic E-state index is -3.85. The van der Waals surface area contributed by atoms with E-state index in [0.29, 0.717) is 11.6 Å². The highest BCUT2D eigenvalue weighted by Crippen LogP contribution is 2.27. The van der Waals surface area contributed by atoms with Crippen molar-refractivity contribution in [2.24, 2.45) is 0 Å². The molecule has 33 heavy (non-hydrogen) atoms. The predicted molar refractivity (Wildman–Crippen MR) is 130 cm³/mol. The van der Waals surface area contributed by atoms with E-state index >= 15 is 0 Å². The summed E-state index contributed by atoms with van der Waals surface area (Å²) in [6, 6.07) is 16.6. The average Bonchev–Trinajstić information content (AvgIpc) is 3.33. The number of carbonyl (C=O) groups is 1. The Morgan fingerprint density at radius 3 is 2.33 bits per heavy atom. The summed E-state index contributed by atoms with van der Waals surface area (Å²) in [7, 11) is -3.85. The first-order valence-electron chi connectivity index (χ1n) is 10.7. The van der Waals surface area contributed by atoms with Crippen LogP contribution in [0.4, 0.5) is 0 Å². The Labute approximate surface area is 207 Å².